The lowest BCUT2D eigenvalue weighted by molar-refractivity contribution is 0.189. The van der Waals surface area contributed by atoms with Gasteiger partial charge < -0.3 is 14.3 Å². The van der Waals surface area contributed by atoms with Crippen LogP contribution in [-0.2, 0) is 4.65 Å². The van der Waals surface area contributed by atoms with Gasteiger partial charge in [0.1, 0.15) is 11.6 Å². The van der Waals surface area contributed by atoms with Crippen molar-refractivity contribution in [3.8, 4) is 5.75 Å². The van der Waals surface area contributed by atoms with Gasteiger partial charge in [-0.3, -0.25) is 0 Å². The second-order valence-electron chi connectivity index (χ2n) is 3.81. The molecule has 0 bridgehead atoms. The van der Waals surface area contributed by atoms with E-state index in [2.05, 4.69) is 6.92 Å². The van der Waals surface area contributed by atoms with Crippen LogP contribution in [0.5, 0.6) is 5.75 Å². The number of unbranched alkanes of at least 4 members (excludes halogenated alkanes) is 3. The van der Waals surface area contributed by atoms with Crippen LogP contribution in [0.2, 0.25) is 0 Å². The molecule has 0 unspecified atom stereocenters. The van der Waals surface area contributed by atoms with Gasteiger partial charge in [-0.15, -0.1) is 0 Å². The first-order valence-corrected chi connectivity index (χ1v) is 5.94. The van der Waals surface area contributed by atoms with Crippen LogP contribution < -0.4 is 4.65 Å². The zero-order valence-electron chi connectivity index (χ0n) is 10.1. The van der Waals surface area contributed by atoms with E-state index in [-0.39, 0.29) is 5.82 Å². The molecule has 0 amide bonds. The molecule has 1 aromatic carbocycles. The predicted octanol–water partition coefficient (Wildman–Crippen LogP) is 2.78. The van der Waals surface area contributed by atoms with E-state index in [1.807, 2.05) is 0 Å². The fourth-order valence-electron chi connectivity index (χ4n) is 1.38. The maximum absolute atomic E-state index is 12.6. The molecule has 0 saturated heterocycles. The molecule has 0 radical (unpaired) electrons. The molecule has 1 N–H and O–H groups in total. The highest BCUT2D eigenvalue weighted by Crippen LogP contribution is 2.11. The summed E-state index contributed by atoms with van der Waals surface area (Å²) < 4.78 is 22.7. The highest BCUT2D eigenvalue weighted by atomic mass is 19.1. The number of benzene rings is 1. The summed E-state index contributed by atoms with van der Waals surface area (Å²) in [4.78, 5) is 0. The lowest BCUT2D eigenvalue weighted by atomic mass is 10.2. The molecule has 0 aromatic heterocycles. The molecular weight excluding hydrogens is 222 g/mol. The standard InChI is InChI=1S/C12H18BFO3/c1-2-3-4-5-10-16-13(15)17-12-8-6-11(14)7-9-12/h6-9,15H,2-5,10H2,1H3. The minimum atomic E-state index is -1.29. The molecular formula is C12H18BFO3. The van der Waals surface area contributed by atoms with Crippen molar-refractivity contribution in [3.63, 3.8) is 0 Å². The van der Waals surface area contributed by atoms with E-state index in [1.54, 1.807) is 0 Å². The molecule has 0 heterocycles. The minimum absolute atomic E-state index is 0.340. The molecule has 0 aliphatic rings. The van der Waals surface area contributed by atoms with Crippen molar-refractivity contribution in [2.45, 2.75) is 32.6 Å². The average molecular weight is 240 g/mol. The first-order chi connectivity index (χ1) is 8.22. The van der Waals surface area contributed by atoms with Crippen LogP contribution in [0.25, 0.3) is 0 Å². The first kappa shape index (κ1) is 14.0. The van der Waals surface area contributed by atoms with Crippen LogP contribution >= 0.6 is 0 Å². The molecule has 0 saturated carbocycles. The highest BCUT2D eigenvalue weighted by Gasteiger charge is 2.17. The second-order valence-corrected chi connectivity index (χ2v) is 3.81. The fourth-order valence-corrected chi connectivity index (χ4v) is 1.38. The first-order valence-electron chi connectivity index (χ1n) is 5.94. The monoisotopic (exact) mass is 240 g/mol. The fraction of sp³-hybridized carbons (Fsp3) is 0.500. The third kappa shape index (κ3) is 6.29. The van der Waals surface area contributed by atoms with Crippen molar-refractivity contribution in [2.75, 3.05) is 6.61 Å². The van der Waals surface area contributed by atoms with E-state index in [4.69, 9.17) is 9.31 Å². The highest BCUT2D eigenvalue weighted by molar-refractivity contribution is 6.35. The van der Waals surface area contributed by atoms with Crippen LogP contribution in [0.1, 0.15) is 32.6 Å². The smallest absolute Gasteiger partial charge is 0.512 e. The maximum atomic E-state index is 12.6. The predicted molar refractivity (Wildman–Crippen MR) is 65.1 cm³/mol. The van der Waals surface area contributed by atoms with Gasteiger partial charge in [0.15, 0.2) is 0 Å². The summed E-state index contributed by atoms with van der Waals surface area (Å²) >= 11 is 0. The Morgan fingerprint density at radius 2 is 1.88 bits per heavy atom. The molecule has 3 nitrogen and oxygen atoms in total. The van der Waals surface area contributed by atoms with Gasteiger partial charge in [-0.05, 0) is 30.7 Å². The third-order valence-corrected chi connectivity index (χ3v) is 2.31. The Morgan fingerprint density at radius 3 is 2.53 bits per heavy atom. The zero-order valence-corrected chi connectivity index (χ0v) is 10.1. The molecule has 5 heteroatoms. The van der Waals surface area contributed by atoms with Gasteiger partial charge in [-0.25, -0.2) is 4.39 Å². The number of rotatable bonds is 8. The van der Waals surface area contributed by atoms with Gasteiger partial charge in [-0.2, -0.15) is 0 Å². The van der Waals surface area contributed by atoms with Crippen molar-refractivity contribution in [3.05, 3.63) is 30.1 Å². The Hall–Kier alpha value is -1.07. The van der Waals surface area contributed by atoms with Crippen LogP contribution in [-0.4, -0.2) is 19.0 Å². The lowest BCUT2D eigenvalue weighted by Gasteiger charge is -2.09. The summed E-state index contributed by atoms with van der Waals surface area (Å²) in [5.41, 5.74) is 0. The minimum Gasteiger partial charge on any atom is -0.512 e. The normalized spacial score (nSPS) is 10.3. The van der Waals surface area contributed by atoms with Gasteiger partial charge in [0.25, 0.3) is 0 Å². The summed E-state index contributed by atoms with van der Waals surface area (Å²) in [6, 6.07) is 5.42. The Bertz CT molecular complexity index is 305. The van der Waals surface area contributed by atoms with Gasteiger partial charge in [0.2, 0.25) is 0 Å². The van der Waals surface area contributed by atoms with Crippen LogP contribution in [0.15, 0.2) is 24.3 Å². The molecule has 0 aliphatic heterocycles. The molecule has 17 heavy (non-hydrogen) atoms. The topological polar surface area (TPSA) is 38.7 Å². The van der Waals surface area contributed by atoms with Gasteiger partial charge in [0, 0.05) is 6.61 Å². The van der Waals surface area contributed by atoms with E-state index >= 15 is 0 Å². The van der Waals surface area contributed by atoms with E-state index in [0.717, 1.165) is 25.7 Å². The average Bonchev–Trinajstić information content (AvgIpc) is 2.32. The summed E-state index contributed by atoms with van der Waals surface area (Å²) in [5.74, 6) is 0.0415. The zero-order chi connectivity index (χ0) is 12.5. The number of halogens is 1. The van der Waals surface area contributed by atoms with Crippen molar-refractivity contribution >= 4 is 7.32 Å². The molecule has 1 rings (SSSR count). The summed E-state index contributed by atoms with van der Waals surface area (Å²) in [7, 11) is -1.29. The van der Waals surface area contributed by atoms with Gasteiger partial charge in [0.05, 0.1) is 0 Å². The van der Waals surface area contributed by atoms with E-state index < -0.39 is 7.32 Å². The largest absolute Gasteiger partial charge is 0.710 e. The summed E-state index contributed by atoms with van der Waals surface area (Å²) in [6.07, 6.45) is 4.31. The van der Waals surface area contributed by atoms with Gasteiger partial charge >= 0.3 is 7.32 Å². The number of hydrogen-bond acceptors (Lipinski definition) is 3. The van der Waals surface area contributed by atoms with Crippen LogP contribution in [0, 0.1) is 5.82 Å². The maximum Gasteiger partial charge on any atom is 0.710 e. The molecule has 0 fully saturated rings. The Morgan fingerprint density at radius 1 is 1.18 bits per heavy atom. The third-order valence-electron chi connectivity index (χ3n) is 2.31. The van der Waals surface area contributed by atoms with E-state index in [0.29, 0.717) is 12.4 Å². The Balaban J connectivity index is 2.16. The van der Waals surface area contributed by atoms with Gasteiger partial charge in [-0.1, -0.05) is 26.2 Å². The summed E-state index contributed by atoms with van der Waals surface area (Å²) in [6.45, 7) is 2.59. The lowest BCUT2D eigenvalue weighted by Crippen LogP contribution is -2.26. The molecule has 94 valence electrons. The molecule has 0 spiro atoms. The second kappa shape index (κ2) is 8.09. The van der Waals surface area contributed by atoms with Crippen LogP contribution in [0.4, 0.5) is 4.39 Å². The van der Waals surface area contributed by atoms with Crippen molar-refractivity contribution in [1.29, 1.82) is 0 Å². The van der Waals surface area contributed by atoms with Crippen molar-refractivity contribution < 1.29 is 18.7 Å². The van der Waals surface area contributed by atoms with Crippen molar-refractivity contribution in [1.82, 2.24) is 0 Å². The Labute approximate surface area is 102 Å². The molecule has 0 aliphatic carbocycles. The molecule has 1 aromatic rings. The van der Waals surface area contributed by atoms with Crippen molar-refractivity contribution in [2.24, 2.45) is 0 Å². The Kier molecular flexibility index (Phi) is 6.66. The van der Waals surface area contributed by atoms with Crippen LogP contribution in [0.3, 0.4) is 0 Å². The quantitative estimate of drug-likeness (QED) is 0.560. The van der Waals surface area contributed by atoms with E-state index in [1.165, 1.54) is 24.3 Å². The number of hydrogen-bond donors (Lipinski definition) is 1. The van der Waals surface area contributed by atoms with E-state index in [9.17, 15) is 9.41 Å². The molecule has 0 atom stereocenters. The summed E-state index contributed by atoms with van der Waals surface area (Å²) in [5, 5.41) is 9.39. The SMILES string of the molecule is CCCCCCOB(O)Oc1ccc(F)cc1.